The van der Waals surface area contributed by atoms with Gasteiger partial charge in [0.2, 0.25) is 10.0 Å². The zero-order valence-corrected chi connectivity index (χ0v) is 23.1. The second-order valence-electron chi connectivity index (χ2n) is 9.92. The van der Waals surface area contributed by atoms with Crippen LogP contribution in [0.25, 0.3) is 0 Å². The van der Waals surface area contributed by atoms with Gasteiger partial charge in [-0.05, 0) is 64.5 Å². The van der Waals surface area contributed by atoms with Gasteiger partial charge in [-0.25, -0.2) is 8.42 Å². The number of ether oxygens (including phenoxy) is 1. The van der Waals surface area contributed by atoms with E-state index in [4.69, 9.17) is 14.4 Å². The van der Waals surface area contributed by atoms with Gasteiger partial charge < -0.3 is 9.16 Å². The third-order valence-electron chi connectivity index (χ3n) is 7.06. The van der Waals surface area contributed by atoms with Gasteiger partial charge in [0.05, 0.1) is 23.6 Å². The largest absolute Gasteiger partial charge is 0.540 e. The molecule has 0 radical (unpaired) electrons. The lowest BCUT2D eigenvalue weighted by molar-refractivity contribution is 0.370. The maximum atomic E-state index is 13.3. The van der Waals surface area contributed by atoms with Crippen LogP contribution in [-0.4, -0.2) is 34.7 Å². The second-order valence-corrected chi connectivity index (χ2v) is 17.2. The van der Waals surface area contributed by atoms with Crippen molar-refractivity contribution < 1.29 is 17.6 Å². The van der Waals surface area contributed by atoms with Crippen molar-refractivity contribution in [2.75, 3.05) is 13.7 Å². The molecule has 0 aromatic heterocycles. The molecule has 0 saturated carbocycles. The van der Waals surface area contributed by atoms with Crippen LogP contribution < -0.4 is 9.16 Å². The molecule has 184 valence electrons. The smallest absolute Gasteiger partial charge is 0.258 e. The summed E-state index contributed by atoms with van der Waals surface area (Å²) in [6.45, 7) is 14.1. The highest BCUT2D eigenvalue weighted by Gasteiger charge is 2.47. The Morgan fingerprint density at radius 1 is 0.971 bits per heavy atom. The van der Waals surface area contributed by atoms with Crippen molar-refractivity contribution in [1.82, 2.24) is 4.31 Å². The van der Waals surface area contributed by atoms with Crippen molar-refractivity contribution in [3.63, 3.8) is 0 Å². The second kappa shape index (κ2) is 10.1. The van der Waals surface area contributed by atoms with Crippen LogP contribution in [0.3, 0.4) is 0 Å². The van der Waals surface area contributed by atoms with E-state index in [2.05, 4.69) is 47.6 Å². The third-order valence-corrected chi connectivity index (χ3v) is 14.9. The molecule has 34 heavy (non-hydrogen) atoms. The fourth-order valence-electron chi connectivity index (χ4n) is 5.40. The zero-order valence-electron chi connectivity index (χ0n) is 21.3. The third kappa shape index (κ3) is 4.74. The molecule has 0 spiro atoms. The number of fused-ring (bicyclic) bond motifs is 1. The van der Waals surface area contributed by atoms with Crippen molar-refractivity contribution in [2.45, 2.75) is 76.0 Å². The lowest BCUT2D eigenvalue weighted by Crippen LogP contribution is -2.50. The normalized spacial score (nSPS) is 14.9. The standard InChI is InChI=1S/C26H36N2O4SSi/c1-18(2)34(19(3)4,20(5)6)32-26-14-22-11-12-28(17-23(22)15-25(26)31-7)33(29,30)24-10-8-9-21(13-24)16-27/h8-10,13-15,18-20H,11-12,17H2,1-7H3. The number of nitriles is 1. The summed E-state index contributed by atoms with van der Waals surface area (Å²) in [5, 5.41) is 9.15. The number of rotatable bonds is 8. The summed E-state index contributed by atoms with van der Waals surface area (Å²) in [7, 11) is -4.26. The average Bonchev–Trinajstić information content (AvgIpc) is 2.80. The van der Waals surface area contributed by atoms with Crippen LogP contribution >= 0.6 is 0 Å². The van der Waals surface area contributed by atoms with Crippen LogP contribution in [0.5, 0.6) is 11.5 Å². The minimum atomic E-state index is -3.71. The molecule has 2 aromatic carbocycles. The average molecular weight is 501 g/mol. The minimum Gasteiger partial charge on any atom is -0.540 e. The number of hydrogen-bond acceptors (Lipinski definition) is 5. The Labute approximate surface area is 205 Å². The number of sulfonamides is 1. The van der Waals surface area contributed by atoms with E-state index in [1.165, 1.54) is 16.4 Å². The van der Waals surface area contributed by atoms with Gasteiger partial charge >= 0.3 is 0 Å². The number of benzene rings is 2. The minimum absolute atomic E-state index is 0.142. The monoisotopic (exact) mass is 500 g/mol. The summed E-state index contributed by atoms with van der Waals surface area (Å²) >= 11 is 0. The van der Waals surface area contributed by atoms with Crippen molar-refractivity contribution in [2.24, 2.45) is 0 Å². The van der Waals surface area contributed by atoms with E-state index in [1.807, 2.05) is 12.1 Å². The molecule has 3 rings (SSSR count). The van der Waals surface area contributed by atoms with E-state index >= 15 is 0 Å². The highest BCUT2D eigenvalue weighted by atomic mass is 32.2. The molecule has 0 aliphatic carbocycles. The lowest BCUT2D eigenvalue weighted by atomic mass is 10.0. The van der Waals surface area contributed by atoms with E-state index in [0.29, 0.717) is 40.9 Å². The van der Waals surface area contributed by atoms with Crippen molar-refractivity contribution >= 4 is 18.3 Å². The van der Waals surface area contributed by atoms with Gasteiger partial charge in [0.15, 0.2) is 5.75 Å². The molecule has 0 fully saturated rings. The van der Waals surface area contributed by atoms with Gasteiger partial charge in [0.25, 0.3) is 8.32 Å². The molecule has 2 aromatic rings. The number of methoxy groups -OCH3 is 1. The van der Waals surface area contributed by atoms with E-state index in [-0.39, 0.29) is 11.4 Å². The molecule has 6 nitrogen and oxygen atoms in total. The Bertz CT molecular complexity index is 1160. The maximum absolute atomic E-state index is 13.3. The topological polar surface area (TPSA) is 79.6 Å². The van der Waals surface area contributed by atoms with E-state index < -0.39 is 18.3 Å². The Balaban J connectivity index is 1.97. The van der Waals surface area contributed by atoms with Crippen molar-refractivity contribution in [3.8, 4) is 17.6 Å². The summed E-state index contributed by atoms with van der Waals surface area (Å²) in [5.74, 6) is 1.41. The van der Waals surface area contributed by atoms with Gasteiger partial charge in [-0.15, -0.1) is 0 Å². The molecule has 0 amide bonds. The predicted molar refractivity (Wildman–Crippen MR) is 137 cm³/mol. The Hall–Kier alpha value is -2.34. The molecule has 8 heteroatoms. The quantitative estimate of drug-likeness (QED) is 0.424. The van der Waals surface area contributed by atoms with Crippen LogP contribution in [0.4, 0.5) is 0 Å². The van der Waals surface area contributed by atoms with Crippen LogP contribution in [-0.2, 0) is 23.0 Å². The summed E-state index contributed by atoms with van der Waals surface area (Å²) in [5.41, 5.74) is 3.62. The van der Waals surface area contributed by atoms with Crippen LogP contribution in [0, 0.1) is 11.3 Å². The molecular weight excluding hydrogens is 464 g/mol. The van der Waals surface area contributed by atoms with Crippen LogP contribution in [0.1, 0.15) is 58.2 Å². The van der Waals surface area contributed by atoms with Gasteiger partial charge in [-0.3, -0.25) is 0 Å². The highest BCUT2D eigenvalue weighted by molar-refractivity contribution is 7.89. The van der Waals surface area contributed by atoms with E-state index in [9.17, 15) is 8.42 Å². The van der Waals surface area contributed by atoms with E-state index in [0.717, 1.165) is 16.9 Å². The molecule has 1 aliphatic heterocycles. The molecule has 1 aliphatic rings. The van der Waals surface area contributed by atoms with Gasteiger partial charge in [0.1, 0.15) is 5.75 Å². The van der Waals surface area contributed by atoms with Gasteiger partial charge in [-0.2, -0.15) is 9.57 Å². The zero-order chi connectivity index (χ0) is 25.3. The van der Waals surface area contributed by atoms with Crippen LogP contribution in [0.15, 0.2) is 41.3 Å². The van der Waals surface area contributed by atoms with Crippen molar-refractivity contribution in [1.29, 1.82) is 5.26 Å². The SMILES string of the molecule is COc1cc2c(cc1O[Si](C(C)C)(C(C)C)C(C)C)CCN(S(=O)(=O)c1cccc(C#N)c1)C2. The van der Waals surface area contributed by atoms with Gasteiger partial charge in [0, 0.05) is 13.1 Å². The Morgan fingerprint density at radius 3 is 2.15 bits per heavy atom. The number of nitrogens with zero attached hydrogens (tertiary/aromatic N) is 2. The maximum Gasteiger partial charge on any atom is 0.258 e. The first-order chi connectivity index (χ1) is 16.0. The van der Waals surface area contributed by atoms with Crippen molar-refractivity contribution in [3.05, 3.63) is 53.1 Å². The first kappa shape index (κ1) is 26.3. The molecule has 0 unspecified atom stereocenters. The van der Waals surface area contributed by atoms with Crippen LogP contribution in [0.2, 0.25) is 16.6 Å². The lowest BCUT2D eigenvalue weighted by Gasteiger charge is -2.42. The van der Waals surface area contributed by atoms with Gasteiger partial charge in [-0.1, -0.05) is 47.6 Å². The predicted octanol–water partition coefficient (Wildman–Crippen LogP) is 5.87. The summed E-state index contributed by atoms with van der Waals surface area (Å²) < 4.78 is 40.6. The fraction of sp³-hybridized carbons (Fsp3) is 0.500. The molecule has 0 N–H and O–H groups in total. The molecular formula is C26H36N2O4SSi. The van der Waals surface area contributed by atoms with E-state index in [1.54, 1.807) is 19.2 Å². The summed E-state index contributed by atoms with van der Waals surface area (Å²) in [6, 6.07) is 12.2. The highest BCUT2D eigenvalue weighted by Crippen LogP contribution is 2.45. The number of hydrogen-bond donors (Lipinski definition) is 0. The first-order valence-electron chi connectivity index (χ1n) is 11.9. The summed E-state index contributed by atoms with van der Waals surface area (Å²) in [6.07, 6.45) is 0.590. The fourth-order valence-corrected chi connectivity index (χ4v) is 12.1. The Kier molecular flexibility index (Phi) is 7.81. The Morgan fingerprint density at radius 2 is 1.59 bits per heavy atom. The molecule has 0 atom stereocenters. The first-order valence-corrected chi connectivity index (χ1v) is 15.4. The molecule has 0 bridgehead atoms. The molecule has 1 heterocycles. The molecule has 0 saturated heterocycles. The summed E-state index contributed by atoms with van der Waals surface area (Å²) in [4.78, 5) is 0.142.